The average Bonchev–Trinajstić information content (AvgIpc) is 2.81. The summed E-state index contributed by atoms with van der Waals surface area (Å²) >= 11 is 0. The first kappa shape index (κ1) is 11.9. The smallest absolute Gasteiger partial charge is 0.123 e. The summed E-state index contributed by atoms with van der Waals surface area (Å²) in [6, 6.07) is 17.1. The Bertz CT molecular complexity index is 639. The Balaban J connectivity index is 1.98. The molecule has 2 aromatic carbocycles. The summed E-state index contributed by atoms with van der Waals surface area (Å²) in [4.78, 5) is 0. The molecule has 0 spiro atoms. The Morgan fingerprint density at radius 1 is 1.11 bits per heavy atom. The van der Waals surface area contributed by atoms with E-state index in [4.69, 9.17) is 0 Å². The molecule has 3 rings (SSSR count). The summed E-state index contributed by atoms with van der Waals surface area (Å²) < 4.78 is 13.0. The molecule has 0 N–H and O–H groups in total. The van der Waals surface area contributed by atoms with Gasteiger partial charge in [0.25, 0.3) is 0 Å². The lowest BCUT2D eigenvalue weighted by Gasteiger charge is -2.22. The van der Waals surface area contributed by atoms with Crippen LogP contribution in [-0.4, -0.2) is 0 Å². The third-order valence-corrected chi connectivity index (χ3v) is 3.99. The summed E-state index contributed by atoms with van der Waals surface area (Å²) in [6.07, 6.45) is 2.45. The summed E-state index contributed by atoms with van der Waals surface area (Å²) in [7, 11) is 0. The van der Waals surface area contributed by atoms with Gasteiger partial charge in [0.2, 0.25) is 0 Å². The highest BCUT2D eigenvalue weighted by Crippen LogP contribution is 2.40. The molecule has 2 heteroatoms. The standard InChI is InChI=1S/C17H14FN/c18-15-7-5-13(6-8-15)11-17(12-19)10-9-14-3-1-2-4-16(14)17/h1-8H,9-11H2. The summed E-state index contributed by atoms with van der Waals surface area (Å²) in [5, 5.41) is 9.66. The van der Waals surface area contributed by atoms with Gasteiger partial charge in [0.05, 0.1) is 11.5 Å². The van der Waals surface area contributed by atoms with E-state index in [1.165, 1.54) is 17.7 Å². The van der Waals surface area contributed by atoms with Crippen molar-refractivity contribution in [3.05, 3.63) is 71.0 Å². The fourth-order valence-corrected chi connectivity index (χ4v) is 2.98. The molecule has 1 aliphatic carbocycles. The average molecular weight is 251 g/mol. The molecule has 0 saturated heterocycles. The zero-order chi connectivity index (χ0) is 13.3. The number of benzene rings is 2. The van der Waals surface area contributed by atoms with E-state index in [1.54, 1.807) is 12.1 Å². The molecule has 0 amide bonds. The Morgan fingerprint density at radius 2 is 1.84 bits per heavy atom. The Kier molecular flexibility index (Phi) is 2.83. The molecule has 0 bridgehead atoms. The van der Waals surface area contributed by atoms with E-state index in [9.17, 15) is 9.65 Å². The Morgan fingerprint density at radius 3 is 2.58 bits per heavy atom. The normalized spacial score (nSPS) is 20.8. The first-order chi connectivity index (χ1) is 9.23. The van der Waals surface area contributed by atoms with E-state index in [0.29, 0.717) is 6.42 Å². The van der Waals surface area contributed by atoms with Gasteiger partial charge < -0.3 is 0 Å². The molecule has 0 heterocycles. The van der Waals surface area contributed by atoms with E-state index in [2.05, 4.69) is 18.2 Å². The highest BCUT2D eigenvalue weighted by Gasteiger charge is 2.38. The van der Waals surface area contributed by atoms with Crippen molar-refractivity contribution in [3.8, 4) is 6.07 Å². The monoisotopic (exact) mass is 251 g/mol. The van der Waals surface area contributed by atoms with Crippen LogP contribution in [-0.2, 0) is 18.3 Å². The maximum absolute atomic E-state index is 13.0. The second-order valence-electron chi connectivity index (χ2n) is 5.15. The molecule has 19 heavy (non-hydrogen) atoms. The van der Waals surface area contributed by atoms with Crippen LogP contribution in [0.25, 0.3) is 0 Å². The van der Waals surface area contributed by atoms with Gasteiger partial charge in [-0.2, -0.15) is 5.26 Å². The van der Waals surface area contributed by atoms with Crippen molar-refractivity contribution in [1.82, 2.24) is 0 Å². The molecule has 0 aromatic heterocycles. The molecular weight excluding hydrogens is 237 g/mol. The van der Waals surface area contributed by atoms with Gasteiger partial charge in [0.1, 0.15) is 5.82 Å². The molecule has 94 valence electrons. The first-order valence-corrected chi connectivity index (χ1v) is 6.48. The summed E-state index contributed by atoms with van der Waals surface area (Å²) in [5.74, 6) is -0.235. The predicted molar refractivity (Wildman–Crippen MR) is 72.2 cm³/mol. The minimum absolute atomic E-state index is 0.235. The lowest BCUT2D eigenvalue weighted by Crippen LogP contribution is -2.23. The number of halogens is 1. The molecule has 0 aliphatic heterocycles. The number of hydrogen-bond donors (Lipinski definition) is 0. The second kappa shape index (κ2) is 4.51. The predicted octanol–water partition coefficient (Wildman–Crippen LogP) is 3.78. The first-order valence-electron chi connectivity index (χ1n) is 6.48. The molecule has 1 aliphatic rings. The lowest BCUT2D eigenvalue weighted by atomic mass is 9.78. The van der Waals surface area contributed by atoms with Crippen LogP contribution in [0, 0.1) is 17.1 Å². The quantitative estimate of drug-likeness (QED) is 0.797. The molecule has 1 atom stereocenters. The largest absolute Gasteiger partial charge is 0.207 e. The zero-order valence-corrected chi connectivity index (χ0v) is 10.6. The maximum atomic E-state index is 13.0. The lowest BCUT2D eigenvalue weighted by molar-refractivity contribution is 0.540. The number of rotatable bonds is 2. The van der Waals surface area contributed by atoms with Crippen molar-refractivity contribution < 1.29 is 4.39 Å². The fraction of sp³-hybridized carbons (Fsp3) is 0.235. The van der Waals surface area contributed by atoms with Gasteiger partial charge in [-0.05, 0) is 48.1 Å². The zero-order valence-electron chi connectivity index (χ0n) is 10.6. The molecular formula is C17H14FN. The highest BCUT2D eigenvalue weighted by molar-refractivity contribution is 5.45. The van der Waals surface area contributed by atoms with Gasteiger partial charge in [0, 0.05) is 0 Å². The van der Waals surface area contributed by atoms with E-state index < -0.39 is 5.41 Å². The van der Waals surface area contributed by atoms with Gasteiger partial charge in [-0.15, -0.1) is 0 Å². The van der Waals surface area contributed by atoms with Crippen molar-refractivity contribution in [2.24, 2.45) is 0 Å². The van der Waals surface area contributed by atoms with Gasteiger partial charge >= 0.3 is 0 Å². The Labute approximate surface area is 112 Å². The van der Waals surface area contributed by atoms with Gasteiger partial charge in [-0.25, -0.2) is 4.39 Å². The van der Waals surface area contributed by atoms with Crippen LogP contribution in [0.5, 0.6) is 0 Å². The minimum atomic E-state index is -0.450. The third kappa shape index (κ3) is 2.02. The van der Waals surface area contributed by atoms with Gasteiger partial charge in [-0.3, -0.25) is 0 Å². The number of aryl methyl sites for hydroxylation is 1. The highest BCUT2D eigenvalue weighted by atomic mass is 19.1. The van der Waals surface area contributed by atoms with Crippen molar-refractivity contribution >= 4 is 0 Å². The van der Waals surface area contributed by atoms with Crippen LogP contribution in [0.2, 0.25) is 0 Å². The van der Waals surface area contributed by atoms with Gasteiger partial charge in [0.15, 0.2) is 0 Å². The van der Waals surface area contributed by atoms with Crippen LogP contribution in [0.1, 0.15) is 23.1 Å². The van der Waals surface area contributed by atoms with E-state index in [1.807, 2.05) is 12.1 Å². The number of hydrogen-bond acceptors (Lipinski definition) is 1. The van der Waals surface area contributed by atoms with Crippen LogP contribution >= 0.6 is 0 Å². The molecule has 1 nitrogen and oxygen atoms in total. The maximum Gasteiger partial charge on any atom is 0.123 e. The summed E-state index contributed by atoms with van der Waals surface area (Å²) in [5.41, 5.74) is 2.97. The van der Waals surface area contributed by atoms with E-state index >= 15 is 0 Å². The fourth-order valence-electron chi connectivity index (χ4n) is 2.98. The van der Waals surface area contributed by atoms with Crippen LogP contribution in [0.4, 0.5) is 4.39 Å². The second-order valence-corrected chi connectivity index (χ2v) is 5.15. The number of nitriles is 1. The minimum Gasteiger partial charge on any atom is -0.207 e. The number of fused-ring (bicyclic) bond motifs is 1. The van der Waals surface area contributed by atoms with Crippen LogP contribution in [0.3, 0.4) is 0 Å². The van der Waals surface area contributed by atoms with Gasteiger partial charge in [-0.1, -0.05) is 36.4 Å². The van der Waals surface area contributed by atoms with Crippen molar-refractivity contribution in [1.29, 1.82) is 5.26 Å². The molecule has 1 unspecified atom stereocenters. The molecule has 0 saturated carbocycles. The topological polar surface area (TPSA) is 23.8 Å². The van der Waals surface area contributed by atoms with E-state index in [-0.39, 0.29) is 5.82 Å². The third-order valence-electron chi connectivity index (χ3n) is 3.99. The summed E-state index contributed by atoms with van der Waals surface area (Å²) in [6.45, 7) is 0. The van der Waals surface area contributed by atoms with Crippen molar-refractivity contribution in [2.75, 3.05) is 0 Å². The Hall–Kier alpha value is -2.14. The van der Waals surface area contributed by atoms with Crippen molar-refractivity contribution in [2.45, 2.75) is 24.7 Å². The molecule has 0 radical (unpaired) electrons. The van der Waals surface area contributed by atoms with Crippen LogP contribution in [0.15, 0.2) is 48.5 Å². The van der Waals surface area contributed by atoms with E-state index in [0.717, 1.165) is 24.0 Å². The van der Waals surface area contributed by atoms with Crippen LogP contribution < -0.4 is 0 Å². The van der Waals surface area contributed by atoms with Crippen molar-refractivity contribution in [3.63, 3.8) is 0 Å². The SMILES string of the molecule is N#CC1(Cc2ccc(F)cc2)CCc2ccccc21. The molecule has 2 aromatic rings. The number of nitrogens with zero attached hydrogens (tertiary/aromatic N) is 1. The molecule has 0 fully saturated rings.